The van der Waals surface area contributed by atoms with Gasteiger partial charge < -0.3 is 10.5 Å². The van der Waals surface area contributed by atoms with Crippen LogP contribution in [0, 0.1) is 22.9 Å². The molecular formula is C8H7FN2O4. The van der Waals surface area contributed by atoms with E-state index in [-0.39, 0.29) is 11.3 Å². The number of amides is 1. The van der Waals surface area contributed by atoms with Gasteiger partial charge in [-0.2, -0.15) is 4.39 Å². The molecular weight excluding hydrogens is 207 g/mol. The summed E-state index contributed by atoms with van der Waals surface area (Å²) < 4.78 is 17.5. The van der Waals surface area contributed by atoms with Crippen molar-refractivity contribution in [3.63, 3.8) is 0 Å². The first kappa shape index (κ1) is 10.9. The second-order valence-electron chi connectivity index (χ2n) is 2.70. The van der Waals surface area contributed by atoms with Gasteiger partial charge in [0.25, 0.3) is 0 Å². The minimum absolute atomic E-state index is 0.0844. The Morgan fingerprint density at radius 1 is 1.60 bits per heavy atom. The number of carbonyl (C=O) groups excluding carboxylic acids is 1. The van der Waals surface area contributed by atoms with Crippen LogP contribution in [-0.4, -0.2) is 11.0 Å². The number of halogens is 1. The maximum absolute atomic E-state index is 13.0. The number of nitrogens with two attached hydrogens (primary N) is 1. The zero-order valence-corrected chi connectivity index (χ0v) is 7.69. The summed E-state index contributed by atoms with van der Waals surface area (Å²) >= 11 is 0. The predicted molar refractivity (Wildman–Crippen MR) is 48.0 cm³/mol. The Bertz CT molecular complexity index is 433. The SMILES string of the molecule is Cc1c(OC(N)=O)ccc(F)c1[N+](=O)[O-]. The van der Waals surface area contributed by atoms with Crippen LogP contribution in [0.3, 0.4) is 0 Å². The molecule has 2 N–H and O–H groups in total. The third-order valence-electron chi connectivity index (χ3n) is 1.73. The third kappa shape index (κ3) is 2.19. The van der Waals surface area contributed by atoms with Crippen molar-refractivity contribution in [2.45, 2.75) is 6.92 Å². The number of carbonyl (C=O) groups is 1. The first-order valence-electron chi connectivity index (χ1n) is 3.84. The Hall–Kier alpha value is -2.18. The highest BCUT2D eigenvalue weighted by Gasteiger charge is 2.21. The van der Waals surface area contributed by atoms with Crippen LogP contribution in [0.1, 0.15) is 5.56 Å². The van der Waals surface area contributed by atoms with E-state index < -0.39 is 22.5 Å². The lowest BCUT2D eigenvalue weighted by molar-refractivity contribution is -0.388. The van der Waals surface area contributed by atoms with Crippen molar-refractivity contribution in [1.82, 2.24) is 0 Å². The van der Waals surface area contributed by atoms with E-state index in [0.717, 1.165) is 12.1 Å². The minimum atomic E-state index is -1.11. The first-order chi connectivity index (χ1) is 6.93. The summed E-state index contributed by atoms with van der Waals surface area (Å²) in [6.45, 7) is 1.26. The molecule has 0 saturated carbocycles. The molecule has 0 aliphatic carbocycles. The van der Waals surface area contributed by atoms with E-state index in [1.807, 2.05) is 0 Å². The zero-order chi connectivity index (χ0) is 11.6. The highest BCUT2D eigenvalue weighted by atomic mass is 19.1. The summed E-state index contributed by atoms with van der Waals surface area (Å²) in [6.07, 6.45) is -1.11. The maximum Gasteiger partial charge on any atom is 0.409 e. The smallest absolute Gasteiger partial charge is 0.409 e. The van der Waals surface area contributed by atoms with Gasteiger partial charge in [0.1, 0.15) is 5.75 Å². The standard InChI is InChI=1S/C8H7FN2O4/c1-4-6(15-8(10)12)3-2-5(9)7(4)11(13)14/h2-3H,1H3,(H2,10,12). The van der Waals surface area contributed by atoms with Gasteiger partial charge in [0, 0.05) is 0 Å². The number of ether oxygens (including phenoxy) is 1. The minimum Gasteiger partial charge on any atom is -0.410 e. The number of nitro benzene ring substituents is 1. The number of rotatable bonds is 2. The molecule has 0 atom stereocenters. The number of nitro groups is 1. The Morgan fingerprint density at radius 2 is 2.20 bits per heavy atom. The van der Waals surface area contributed by atoms with Crippen LogP contribution in [0.15, 0.2) is 12.1 Å². The summed E-state index contributed by atoms with van der Waals surface area (Å²) in [4.78, 5) is 20.0. The molecule has 0 radical (unpaired) electrons. The summed E-state index contributed by atoms with van der Waals surface area (Å²) in [6, 6.07) is 1.94. The normalized spacial score (nSPS) is 9.73. The van der Waals surface area contributed by atoms with E-state index in [9.17, 15) is 19.3 Å². The number of nitrogens with zero attached hydrogens (tertiary/aromatic N) is 1. The van der Waals surface area contributed by atoms with Crippen molar-refractivity contribution in [2.24, 2.45) is 5.73 Å². The number of primary amides is 1. The van der Waals surface area contributed by atoms with Gasteiger partial charge in [-0.1, -0.05) is 0 Å². The fourth-order valence-corrected chi connectivity index (χ4v) is 1.09. The van der Waals surface area contributed by atoms with Gasteiger partial charge >= 0.3 is 11.8 Å². The molecule has 6 nitrogen and oxygen atoms in total. The largest absolute Gasteiger partial charge is 0.410 e. The summed E-state index contributed by atoms with van der Waals surface area (Å²) in [5, 5.41) is 10.5. The van der Waals surface area contributed by atoms with Crippen molar-refractivity contribution < 1.29 is 18.8 Å². The van der Waals surface area contributed by atoms with Crippen molar-refractivity contribution >= 4 is 11.8 Å². The lowest BCUT2D eigenvalue weighted by Crippen LogP contribution is -2.17. The van der Waals surface area contributed by atoms with E-state index >= 15 is 0 Å². The molecule has 0 bridgehead atoms. The Morgan fingerprint density at radius 3 is 2.67 bits per heavy atom. The van der Waals surface area contributed by atoms with Gasteiger partial charge in [0.15, 0.2) is 0 Å². The first-order valence-corrected chi connectivity index (χ1v) is 3.84. The highest BCUT2D eigenvalue weighted by Crippen LogP contribution is 2.29. The second-order valence-corrected chi connectivity index (χ2v) is 2.70. The van der Waals surface area contributed by atoms with Crippen molar-refractivity contribution in [3.05, 3.63) is 33.6 Å². The van der Waals surface area contributed by atoms with Crippen LogP contribution in [0.25, 0.3) is 0 Å². The molecule has 1 rings (SSSR count). The average molecular weight is 214 g/mol. The molecule has 7 heteroatoms. The molecule has 15 heavy (non-hydrogen) atoms. The average Bonchev–Trinajstić information content (AvgIpc) is 2.09. The lowest BCUT2D eigenvalue weighted by Gasteiger charge is -2.05. The molecule has 0 aliphatic rings. The summed E-state index contributed by atoms with van der Waals surface area (Å²) in [7, 11) is 0. The molecule has 1 aromatic carbocycles. The van der Waals surface area contributed by atoms with Crippen LogP contribution in [0.5, 0.6) is 5.75 Å². The molecule has 0 aromatic heterocycles. The van der Waals surface area contributed by atoms with Crippen molar-refractivity contribution in [2.75, 3.05) is 0 Å². The van der Waals surface area contributed by atoms with Crippen LogP contribution in [0.2, 0.25) is 0 Å². The molecule has 0 unspecified atom stereocenters. The van der Waals surface area contributed by atoms with Gasteiger partial charge in [-0.25, -0.2) is 4.79 Å². The van der Waals surface area contributed by atoms with Crippen LogP contribution in [0.4, 0.5) is 14.9 Å². The predicted octanol–water partition coefficient (Wildman–Crippen LogP) is 1.50. The van der Waals surface area contributed by atoms with E-state index in [0.29, 0.717) is 0 Å². The van der Waals surface area contributed by atoms with E-state index in [4.69, 9.17) is 5.73 Å². The zero-order valence-electron chi connectivity index (χ0n) is 7.69. The highest BCUT2D eigenvalue weighted by molar-refractivity contribution is 5.69. The molecule has 0 spiro atoms. The molecule has 80 valence electrons. The second kappa shape index (κ2) is 3.91. The Balaban J connectivity index is 3.28. The van der Waals surface area contributed by atoms with Crippen LogP contribution >= 0.6 is 0 Å². The summed E-state index contributed by atoms with van der Waals surface area (Å²) in [5.41, 5.74) is 3.92. The Labute approximate surface area is 83.6 Å². The molecule has 1 aromatic rings. The third-order valence-corrected chi connectivity index (χ3v) is 1.73. The van der Waals surface area contributed by atoms with Gasteiger partial charge in [-0.3, -0.25) is 10.1 Å². The lowest BCUT2D eigenvalue weighted by atomic mass is 10.2. The van der Waals surface area contributed by atoms with Crippen LogP contribution < -0.4 is 10.5 Å². The molecule has 0 aliphatic heterocycles. The van der Waals surface area contributed by atoms with E-state index in [1.54, 1.807) is 0 Å². The fourth-order valence-electron chi connectivity index (χ4n) is 1.09. The molecule has 1 amide bonds. The number of benzene rings is 1. The van der Waals surface area contributed by atoms with E-state index in [2.05, 4.69) is 4.74 Å². The van der Waals surface area contributed by atoms with E-state index in [1.165, 1.54) is 6.92 Å². The van der Waals surface area contributed by atoms with Crippen molar-refractivity contribution in [3.8, 4) is 5.75 Å². The number of hydrogen-bond donors (Lipinski definition) is 1. The summed E-state index contributed by atoms with van der Waals surface area (Å²) in [5.74, 6) is -1.12. The molecule has 0 saturated heterocycles. The Kier molecular flexibility index (Phi) is 2.84. The number of hydrogen-bond acceptors (Lipinski definition) is 4. The quantitative estimate of drug-likeness (QED) is 0.595. The fraction of sp³-hybridized carbons (Fsp3) is 0.125. The molecule has 0 fully saturated rings. The van der Waals surface area contributed by atoms with Crippen LogP contribution in [-0.2, 0) is 0 Å². The van der Waals surface area contributed by atoms with Gasteiger partial charge in [0.05, 0.1) is 10.5 Å². The van der Waals surface area contributed by atoms with Gasteiger partial charge in [0.2, 0.25) is 5.82 Å². The van der Waals surface area contributed by atoms with Gasteiger partial charge in [-0.05, 0) is 19.1 Å². The van der Waals surface area contributed by atoms with Gasteiger partial charge in [-0.15, -0.1) is 0 Å². The molecule has 0 heterocycles. The monoisotopic (exact) mass is 214 g/mol. The maximum atomic E-state index is 13.0. The van der Waals surface area contributed by atoms with Crippen molar-refractivity contribution in [1.29, 1.82) is 0 Å². The topological polar surface area (TPSA) is 95.5 Å².